The smallest absolute Gasteiger partial charge is 0.224 e. The zero-order valence-electron chi connectivity index (χ0n) is 11.3. The fourth-order valence-electron chi connectivity index (χ4n) is 2.54. The molecule has 3 heteroatoms. The van der Waals surface area contributed by atoms with Crippen LogP contribution in [-0.2, 0) is 11.2 Å². The molecule has 1 saturated heterocycles. The highest BCUT2D eigenvalue weighted by molar-refractivity contribution is 5.92. The summed E-state index contributed by atoms with van der Waals surface area (Å²) in [6.45, 7) is 6.18. The van der Waals surface area contributed by atoms with Crippen LogP contribution in [0.4, 0.5) is 5.69 Å². The number of rotatable bonds is 4. The summed E-state index contributed by atoms with van der Waals surface area (Å²) in [6, 6.07) is 6.18. The van der Waals surface area contributed by atoms with Crippen molar-refractivity contribution >= 4 is 11.6 Å². The SMILES string of the molecule is CCc1cccc(C)c1NC(=O)CC1CCNC1. The first-order valence-electron chi connectivity index (χ1n) is 6.79. The van der Waals surface area contributed by atoms with Gasteiger partial charge < -0.3 is 10.6 Å². The molecule has 2 rings (SSSR count). The Hall–Kier alpha value is -1.35. The topological polar surface area (TPSA) is 41.1 Å². The molecule has 1 unspecified atom stereocenters. The third-order valence-electron chi connectivity index (χ3n) is 3.64. The molecule has 2 N–H and O–H groups in total. The molecule has 1 amide bonds. The second-order valence-corrected chi connectivity index (χ2v) is 5.07. The maximum Gasteiger partial charge on any atom is 0.224 e. The Labute approximate surface area is 109 Å². The quantitative estimate of drug-likeness (QED) is 0.857. The standard InChI is InChI=1S/C15H22N2O/c1-3-13-6-4-5-11(2)15(13)17-14(18)9-12-7-8-16-10-12/h4-6,12,16H,3,7-10H2,1-2H3,(H,17,18). The molecule has 98 valence electrons. The molecule has 1 aliphatic rings. The monoisotopic (exact) mass is 246 g/mol. The molecule has 0 spiro atoms. The Balaban J connectivity index is 2.01. The number of nitrogens with one attached hydrogen (secondary N) is 2. The highest BCUT2D eigenvalue weighted by Gasteiger charge is 2.18. The van der Waals surface area contributed by atoms with Gasteiger partial charge in [0.2, 0.25) is 5.91 Å². The Morgan fingerprint density at radius 1 is 1.50 bits per heavy atom. The van der Waals surface area contributed by atoms with Gasteiger partial charge in [0.1, 0.15) is 0 Å². The zero-order chi connectivity index (χ0) is 13.0. The summed E-state index contributed by atoms with van der Waals surface area (Å²) in [5.74, 6) is 0.645. The van der Waals surface area contributed by atoms with E-state index in [0.29, 0.717) is 12.3 Å². The average molecular weight is 246 g/mol. The Morgan fingerprint density at radius 3 is 3.00 bits per heavy atom. The maximum atomic E-state index is 12.0. The highest BCUT2D eigenvalue weighted by atomic mass is 16.1. The van der Waals surface area contributed by atoms with E-state index in [1.165, 1.54) is 5.56 Å². The predicted molar refractivity (Wildman–Crippen MR) is 74.8 cm³/mol. The van der Waals surface area contributed by atoms with Crippen molar-refractivity contribution in [2.75, 3.05) is 18.4 Å². The van der Waals surface area contributed by atoms with Crippen LogP contribution < -0.4 is 10.6 Å². The van der Waals surface area contributed by atoms with Gasteiger partial charge in [0.05, 0.1) is 0 Å². The maximum absolute atomic E-state index is 12.0. The molecular weight excluding hydrogens is 224 g/mol. The lowest BCUT2D eigenvalue weighted by Gasteiger charge is -2.14. The van der Waals surface area contributed by atoms with Crippen molar-refractivity contribution < 1.29 is 4.79 Å². The molecule has 3 nitrogen and oxygen atoms in total. The second-order valence-electron chi connectivity index (χ2n) is 5.07. The molecule has 1 fully saturated rings. The minimum Gasteiger partial charge on any atom is -0.326 e. The summed E-state index contributed by atoms with van der Waals surface area (Å²) in [6.07, 6.45) is 2.69. The summed E-state index contributed by atoms with van der Waals surface area (Å²) in [5, 5.41) is 6.39. The Bertz CT molecular complexity index is 423. The molecule has 0 bridgehead atoms. The van der Waals surface area contributed by atoms with Crippen molar-refractivity contribution in [3.63, 3.8) is 0 Å². The fraction of sp³-hybridized carbons (Fsp3) is 0.533. The number of anilines is 1. The molecule has 1 atom stereocenters. The van der Waals surface area contributed by atoms with Crippen LogP contribution in [-0.4, -0.2) is 19.0 Å². The van der Waals surface area contributed by atoms with E-state index in [4.69, 9.17) is 0 Å². The van der Waals surface area contributed by atoms with Crippen LogP contribution in [0.1, 0.15) is 30.9 Å². The summed E-state index contributed by atoms with van der Waals surface area (Å²) < 4.78 is 0. The molecule has 1 heterocycles. The lowest BCUT2D eigenvalue weighted by atomic mass is 10.0. The molecule has 0 saturated carbocycles. The highest BCUT2D eigenvalue weighted by Crippen LogP contribution is 2.22. The van der Waals surface area contributed by atoms with Gasteiger partial charge >= 0.3 is 0 Å². The minimum absolute atomic E-state index is 0.146. The van der Waals surface area contributed by atoms with Crippen LogP contribution in [0.3, 0.4) is 0 Å². The van der Waals surface area contributed by atoms with E-state index in [0.717, 1.165) is 37.2 Å². The Kier molecular flexibility index (Phi) is 4.37. The van der Waals surface area contributed by atoms with E-state index in [2.05, 4.69) is 23.6 Å². The van der Waals surface area contributed by atoms with Gasteiger partial charge in [-0.1, -0.05) is 25.1 Å². The largest absolute Gasteiger partial charge is 0.326 e. The lowest BCUT2D eigenvalue weighted by molar-refractivity contribution is -0.117. The van der Waals surface area contributed by atoms with E-state index >= 15 is 0 Å². The molecule has 0 radical (unpaired) electrons. The van der Waals surface area contributed by atoms with E-state index in [9.17, 15) is 4.79 Å². The third kappa shape index (κ3) is 3.10. The van der Waals surface area contributed by atoms with Crippen LogP contribution in [0, 0.1) is 12.8 Å². The van der Waals surface area contributed by atoms with E-state index in [1.54, 1.807) is 0 Å². The van der Waals surface area contributed by atoms with Crippen LogP contribution in [0.5, 0.6) is 0 Å². The molecule has 18 heavy (non-hydrogen) atoms. The van der Waals surface area contributed by atoms with Gasteiger partial charge in [-0.25, -0.2) is 0 Å². The van der Waals surface area contributed by atoms with Crippen LogP contribution in [0.15, 0.2) is 18.2 Å². The number of hydrogen-bond acceptors (Lipinski definition) is 2. The second kappa shape index (κ2) is 6.01. The first kappa shape index (κ1) is 13.1. The predicted octanol–water partition coefficient (Wildman–Crippen LogP) is 2.50. The van der Waals surface area contributed by atoms with Crippen LogP contribution in [0.25, 0.3) is 0 Å². The van der Waals surface area contributed by atoms with E-state index in [1.807, 2.05) is 19.1 Å². The van der Waals surface area contributed by atoms with Gasteiger partial charge in [-0.15, -0.1) is 0 Å². The summed E-state index contributed by atoms with van der Waals surface area (Å²) >= 11 is 0. The number of benzene rings is 1. The van der Waals surface area contributed by atoms with Gasteiger partial charge in [0.15, 0.2) is 0 Å². The average Bonchev–Trinajstić information content (AvgIpc) is 2.84. The molecule has 1 aromatic carbocycles. The lowest BCUT2D eigenvalue weighted by Crippen LogP contribution is -2.19. The number of carbonyl (C=O) groups is 1. The van der Waals surface area contributed by atoms with E-state index < -0.39 is 0 Å². The van der Waals surface area contributed by atoms with Crippen LogP contribution in [0.2, 0.25) is 0 Å². The van der Waals surface area contributed by atoms with Gasteiger partial charge in [0.25, 0.3) is 0 Å². The fourth-order valence-corrected chi connectivity index (χ4v) is 2.54. The molecule has 0 aromatic heterocycles. The normalized spacial score (nSPS) is 18.9. The summed E-state index contributed by atoms with van der Waals surface area (Å²) in [4.78, 5) is 12.0. The van der Waals surface area contributed by atoms with Crippen molar-refractivity contribution in [2.45, 2.75) is 33.1 Å². The van der Waals surface area contributed by atoms with Crippen molar-refractivity contribution in [1.29, 1.82) is 0 Å². The van der Waals surface area contributed by atoms with Crippen molar-refractivity contribution in [2.24, 2.45) is 5.92 Å². The first-order chi connectivity index (χ1) is 8.70. The number of carbonyl (C=O) groups excluding carboxylic acids is 1. The van der Waals surface area contributed by atoms with Crippen molar-refractivity contribution in [3.05, 3.63) is 29.3 Å². The summed E-state index contributed by atoms with van der Waals surface area (Å²) in [7, 11) is 0. The van der Waals surface area contributed by atoms with Gasteiger partial charge in [-0.05, 0) is 49.9 Å². The van der Waals surface area contributed by atoms with Crippen molar-refractivity contribution in [1.82, 2.24) is 5.32 Å². The minimum atomic E-state index is 0.146. The van der Waals surface area contributed by atoms with Gasteiger partial charge in [0, 0.05) is 12.1 Å². The van der Waals surface area contributed by atoms with Gasteiger partial charge in [-0.3, -0.25) is 4.79 Å². The number of hydrogen-bond donors (Lipinski definition) is 2. The van der Waals surface area contributed by atoms with Gasteiger partial charge in [-0.2, -0.15) is 0 Å². The molecule has 1 aliphatic heterocycles. The molecule has 1 aromatic rings. The molecular formula is C15H22N2O. The number of para-hydroxylation sites is 1. The Morgan fingerprint density at radius 2 is 2.33 bits per heavy atom. The van der Waals surface area contributed by atoms with E-state index in [-0.39, 0.29) is 5.91 Å². The summed E-state index contributed by atoms with van der Waals surface area (Å²) in [5.41, 5.74) is 3.37. The van der Waals surface area contributed by atoms with Crippen LogP contribution >= 0.6 is 0 Å². The third-order valence-corrected chi connectivity index (χ3v) is 3.64. The number of amides is 1. The zero-order valence-corrected chi connectivity index (χ0v) is 11.3. The first-order valence-corrected chi connectivity index (χ1v) is 6.79. The molecule has 0 aliphatic carbocycles. The van der Waals surface area contributed by atoms with Crippen molar-refractivity contribution in [3.8, 4) is 0 Å². The number of aryl methyl sites for hydroxylation is 2.